The zero-order valence-corrected chi connectivity index (χ0v) is 13.2. The largest absolute Gasteiger partial charge is 0.478 e. The van der Waals surface area contributed by atoms with Gasteiger partial charge in [-0.15, -0.1) is 10.2 Å². The SMILES string of the molecule is Cc1ccc(Br)cc1-c1nnc2c(Cl)cc(C(=O)O)cn12. The summed E-state index contributed by atoms with van der Waals surface area (Å²) in [6.45, 7) is 1.95. The molecular formula is C14H9BrClN3O2. The molecule has 3 rings (SSSR count). The molecule has 0 spiro atoms. The van der Waals surface area contributed by atoms with E-state index >= 15 is 0 Å². The Morgan fingerprint density at radius 3 is 2.81 bits per heavy atom. The van der Waals surface area contributed by atoms with E-state index in [1.165, 1.54) is 12.3 Å². The van der Waals surface area contributed by atoms with Gasteiger partial charge in [0.2, 0.25) is 0 Å². The molecule has 0 radical (unpaired) electrons. The van der Waals surface area contributed by atoms with E-state index in [9.17, 15) is 4.79 Å². The van der Waals surface area contributed by atoms with Gasteiger partial charge in [0.15, 0.2) is 11.5 Å². The number of rotatable bonds is 2. The molecular weight excluding hydrogens is 358 g/mol. The van der Waals surface area contributed by atoms with Crippen LogP contribution in [0.2, 0.25) is 5.02 Å². The molecule has 0 saturated carbocycles. The summed E-state index contributed by atoms with van der Waals surface area (Å²) in [6, 6.07) is 7.15. The van der Waals surface area contributed by atoms with Crippen molar-refractivity contribution in [1.82, 2.24) is 14.6 Å². The number of aromatic carboxylic acids is 1. The van der Waals surface area contributed by atoms with Crippen LogP contribution in [-0.4, -0.2) is 25.7 Å². The van der Waals surface area contributed by atoms with Crippen molar-refractivity contribution in [3.05, 3.63) is 51.1 Å². The first-order valence-electron chi connectivity index (χ1n) is 6.01. The Bertz CT molecular complexity index is 876. The molecule has 0 aliphatic carbocycles. The van der Waals surface area contributed by atoms with Crippen molar-refractivity contribution in [2.24, 2.45) is 0 Å². The average Bonchev–Trinajstić information content (AvgIpc) is 2.85. The van der Waals surface area contributed by atoms with Crippen molar-refractivity contribution < 1.29 is 9.90 Å². The second-order valence-corrected chi connectivity index (χ2v) is 5.88. The highest BCUT2D eigenvalue weighted by atomic mass is 79.9. The number of carboxylic acid groups (broad SMARTS) is 1. The average molecular weight is 367 g/mol. The first kappa shape index (κ1) is 14.0. The zero-order valence-electron chi connectivity index (χ0n) is 10.8. The van der Waals surface area contributed by atoms with E-state index in [-0.39, 0.29) is 10.6 Å². The molecule has 3 aromatic rings. The number of hydrogen-bond donors (Lipinski definition) is 1. The van der Waals surface area contributed by atoms with Gasteiger partial charge in [0.05, 0.1) is 10.6 Å². The second-order valence-electron chi connectivity index (χ2n) is 4.56. The number of pyridine rings is 1. The number of aromatic nitrogens is 3. The lowest BCUT2D eigenvalue weighted by Gasteiger charge is -2.06. The fourth-order valence-electron chi connectivity index (χ4n) is 2.09. The van der Waals surface area contributed by atoms with Crippen molar-refractivity contribution in [1.29, 1.82) is 0 Å². The lowest BCUT2D eigenvalue weighted by atomic mass is 10.1. The van der Waals surface area contributed by atoms with Crippen LogP contribution in [0.3, 0.4) is 0 Å². The van der Waals surface area contributed by atoms with E-state index in [1.807, 2.05) is 25.1 Å². The van der Waals surface area contributed by atoms with Crippen LogP contribution in [0.15, 0.2) is 34.9 Å². The van der Waals surface area contributed by atoms with Gasteiger partial charge in [-0.25, -0.2) is 4.79 Å². The number of fused-ring (bicyclic) bond motifs is 1. The standard InChI is InChI=1S/C14H9BrClN3O2/c1-7-2-3-9(15)5-10(7)12-17-18-13-11(16)4-8(14(20)21)6-19(12)13/h2-6H,1H3,(H,20,21). The lowest BCUT2D eigenvalue weighted by Crippen LogP contribution is -2.01. The van der Waals surface area contributed by atoms with Crippen molar-refractivity contribution in [3.8, 4) is 11.4 Å². The van der Waals surface area contributed by atoms with Gasteiger partial charge in [-0.05, 0) is 30.7 Å². The summed E-state index contributed by atoms with van der Waals surface area (Å²) in [4.78, 5) is 11.2. The summed E-state index contributed by atoms with van der Waals surface area (Å²) in [5.41, 5.74) is 2.37. The Kier molecular flexibility index (Phi) is 3.43. The van der Waals surface area contributed by atoms with Gasteiger partial charge in [0.25, 0.3) is 0 Å². The fraction of sp³-hybridized carbons (Fsp3) is 0.0714. The molecule has 0 atom stereocenters. The maximum absolute atomic E-state index is 11.2. The molecule has 21 heavy (non-hydrogen) atoms. The Balaban J connectivity index is 2.33. The Morgan fingerprint density at radius 2 is 2.10 bits per heavy atom. The second kappa shape index (κ2) is 5.13. The Hall–Kier alpha value is -1.92. The summed E-state index contributed by atoms with van der Waals surface area (Å²) in [6.07, 6.45) is 1.47. The van der Waals surface area contributed by atoms with Crippen LogP contribution in [0.4, 0.5) is 0 Å². The van der Waals surface area contributed by atoms with Gasteiger partial charge in [0.1, 0.15) is 0 Å². The van der Waals surface area contributed by atoms with Crippen LogP contribution in [0, 0.1) is 6.92 Å². The predicted octanol–water partition coefficient (Wildman–Crippen LogP) is 3.82. The zero-order chi connectivity index (χ0) is 15.1. The smallest absolute Gasteiger partial charge is 0.337 e. The van der Waals surface area contributed by atoms with E-state index in [4.69, 9.17) is 16.7 Å². The maximum atomic E-state index is 11.2. The molecule has 0 aliphatic heterocycles. The molecule has 1 aromatic carbocycles. The van der Waals surface area contributed by atoms with Gasteiger partial charge in [-0.2, -0.15) is 0 Å². The molecule has 0 saturated heterocycles. The van der Waals surface area contributed by atoms with Gasteiger partial charge < -0.3 is 5.11 Å². The maximum Gasteiger partial charge on any atom is 0.337 e. The van der Waals surface area contributed by atoms with E-state index in [1.54, 1.807) is 4.40 Å². The van der Waals surface area contributed by atoms with Gasteiger partial charge in [-0.1, -0.05) is 33.6 Å². The minimum atomic E-state index is -1.05. The van der Waals surface area contributed by atoms with Crippen LogP contribution < -0.4 is 0 Å². The molecule has 0 amide bonds. The van der Waals surface area contributed by atoms with Crippen LogP contribution in [0.1, 0.15) is 15.9 Å². The number of benzene rings is 1. The monoisotopic (exact) mass is 365 g/mol. The van der Waals surface area contributed by atoms with Crippen molar-refractivity contribution in [2.45, 2.75) is 6.92 Å². The van der Waals surface area contributed by atoms with E-state index in [2.05, 4.69) is 26.1 Å². The van der Waals surface area contributed by atoms with Crippen LogP contribution in [-0.2, 0) is 0 Å². The molecule has 7 heteroatoms. The third-order valence-corrected chi connectivity index (χ3v) is 3.92. The summed E-state index contributed by atoms with van der Waals surface area (Å²) in [5, 5.41) is 17.6. The van der Waals surface area contributed by atoms with Crippen molar-refractivity contribution in [3.63, 3.8) is 0 Å². The predicted molar refractivity (Wildman–Crippen MR) is 82.8 cm³/mol. The number of nitrogens with zero attached hydrogens (tertiary/aromatic N) is 3. The third kappa shape index (κ3) is 2.41. The fourth-order valence-corrected chi connectivity index (χ4v) is 2.70. The normalized spacial score (nSPS) is 11.0. The molecule has 106 valence electrons. The van der Waals surface area contributed by atoms with Crippen molar-refractivity contribution >= 4 is 39.1 Å². The molecule has 5 nitrogen and oxygen atoms in total. The van der Waals surface area contributed by atoms with E-state index < -0.39 is 5.97 Å². The van der Waals surface area contributed by atoms with E-state index in [0.717, 1.165) is 15.6 Å². The van der Waals surface area contributed by atoms with Gasteiger partial charge >= 0.3 is 5.97 Å². The topological polar surface area (TPSA) is 67.5 Å². The number of hydrogen-bond acceptors (Lipinski definition) is 3. The third-order valence-electron chi connectivity index (χ3n) is 3.15. The lowest BCUT2D eigenvalue weighted by molar-refractivity contribution is 0.0696. The van der Waals surface area contributed by atoms with Crippen LogP contribution in [0.5, 0.6) is 0 Å². The molecule has 0 fully saturated rings. The van der Waals surface area contributed by atoms with Crippen LogP contribution in [0.25, 0.3) is 17.0 Å². The quantitative estimate of drug-likeness (QED) is 0.748. The number of carbonyl (C=O) groups is 1. The molecule has 0 unspecified atom stereocenters. The number of aryl methyl sites for hydroxylation is 1. The van der Waals surface area contributed by atoms with E-state index in [0.29, 0.717) is 11.5 Å². The first-order valence-corrected chi connectivity index (χ1v) is 7.18. The summed E-state index contributed by atoms with van der Waals surface area (Å²) < 4.78 is 2.50. The first-order chi connectivity index (χ1) is 9.97. The number of carboxylic acids is 1. The summed E-state index contributed by atoms with van der Waals surface area (Å²) in [5.74, 6) is -0.502. The Labute approximate surface area is 133 Å². The number of halogens is 2. The highest BCUT2D eigenvalue weighted by Gasteiger charge is 2.16. The summed E-state index contributed by atoms with van der Waals surface area (Å²) in [7, 11) is 0. The summed E-state index contributed by atoms with van der Waals surface area (Å²) >= 11 is 9.50. The Morgan fingerprint density at radius 1 is 1.33 bits per heavy atom. The highest BCUT2D eigenvalue weighted by molar-refractivity contribution is 9.10. The highest BCUT2D eigenvalue weighted by Crippen LogP contribution is 2.28. The molecule has 2 aromatic heterocycles. The molecule has 1 N–H and O–H groups in total. The molecule has 2 heterocycles. The molecule has 0 aliphatic rings. The van der Waals surface area contributed by atoms with Gasteiger partial charge in [0, 0.05) is 16.2 Å². The minimum Gasteiger partial charge on any atom is -0.478 e. The minimum absolute atomic E-state index is 0.0844. The molecule has 0 bridgehead atoms. The van der Waals surface area contributed by atoms with Crippen LogP contribution >= 0.6 is 27.5 Å². The van der Waals surface area contributed by atoms with Gasteiger partial charge in [-0.3, -0.25) is 4.40 Å². The van der Waals surface area contributed by atoms with Crippen molar-refractivity contribution in [2.75, 3.05) is 0 Å².